The van der Waals surface area contributed by atoms with Crippen LogP contribution in [0.15, 0.2) is 85.5 Å². The van der Waals surface area contributed by atoms with Crippen molar-refractivity contribution in [2.45, 2.75) is 0 Å². The van der Waals surface area contributed by atoms with Crippen LogP contribution in [0.1, 0.15) is 0 Å². The van der Waals surface area contributed by atoms with Gasteiger partial charge in [0.25, 0.3) is 0 Å². The zero-order valence-corrected chi connectivity index (χ0v) is 14.7. The van der Waals surface area contributed by atoms with Crippen molar-refractivity contribution in [2.24, 2.45) is 0 Å². The molecule has 5 heteroatoms. The molecule has 3 aromatic heterocycles. The average Bonchev–Trinajstić information content (AvgIpc) is 3.18. The molecule has 0 unspecified atom stereocenters. The van der Waals surface area contributed by atoms with Gasteiger partial charge in [0, 0.05) is 46.7 Å². The molecule has 0 amide bonds. The van der Waals surface area contributed by atoms with Crippen LogP contribution in [0.5, 0.6) is 0 Å². The summed E-state index contributed by atoms with van der Waals surface area (Å²) < 4.78 is 0.676. The Kier molecular flexibility index (Phi) is 4.53. The van der Waals surface area contributed by atoms with E-state index in [0.29, 0.717) is 4.77 Å². The molecule has 3 heterocycles. The van der Waals surface area contributed by atoms with Crippen molar-refractivity contribution in [2.75, 3.05) is 0 Å². The number of nitrogens with zero attached hydrogens (tertiary/aromatic N) is 2. The van der Waals surface area contributed by atoms with Crippen LogP contribution < -0.4 is 0 Å². The number of imidazole rings is 1. The summed E-state index contributed by atoms with van der Waals surface area (Å²) in [5.41, 5.74) is 4.37. The third-order valence-electron chi connectivity index (χ3n) is 4.05. The van der Waals surface area contributed by atoms with Gasteiger partial charge in [-0.25, -0.2) is 4.98 Å². The highest BCUT2D eigenvalue weighted by Gasteiger charge is 2.10. The normalized spacial score (nSPS) is 10.5. The summed E-state index contributed by atoms with van der Waals surface area (Å²) in [6.45, 7) is 0. The second-order valence-electron chi connectivity index (χ2n) is 5.71. The number of para-hydroxylation sites is 2. The Bertz CT molecular complexity index is 1140. The van der Waals surface area contributed by atoms with E-state index in [1.807, 2.05) is 24.4 Å². The molecule has 0 spiro atoms. The second kappa shape index (κ2) is 7.29. The van der Waals surface area contributed by atoms with Crippen molar-refractivity contribution in [3.8, 4) is 11.1 Å². The van der Waals surface area contributed by atoms with E-state index in [-0.39, 0.29) is 0 Å². The number of H-pyrrole nitrogens is 2. The van der Waals surface area contributed by atoms with Crippen molar-refractivity contribution < 1.29 is 0 Å². The first kappa shape index (κ1) is 16.2. The van der Waals surface area contributed by atoms with Crippen LogP contribution in [0.25, 0.3) is 32.9 Å². The third-order valence-corrected chi connectivity index (χ3v) is 4.29. The van der Waals surface area contributed by atoms with Gasteiger partial charge in [-0.15, -0.1) is 0 Å². The number of hydrogen-bond acceptors (Lipinski definition) is 3. The molecule has 126 valence electrons. The van der Waals surface area contributed by atoms with E-state index in [1.165, 1.54) is 16.3 Å². The lowest BCUT2D eigenvalue weighted by Crippen LogP contribution is -1.89. The van der Waals surface area contributed by atoms with Crippen molar-refractivity contribution >= 4 is 34.0 Å². The number of hydrogen-bond donors (Lipinski definition) is 2. The van der Waals surface area contributed by atoms with E-state index in [1.54, 1.807) is 18.6 Å². The molecule has 2 aromatic carbocycles. The molecule has 0 saturated heterocycles. The van der Waals surface area contributed by atoms with Gasteiger partial charge in [0.15, 0.2) is 4.77 Å². The average molecular weight is 356 g/mol. The van der Waals surface area contributed by atoms with Crippen LogP contribution in [0.4, 0.5) is 0 Å². The molecule has 26 heavy (non-hydrogen) atoms. The largest absolute Gasteiger partial charge is 0.338 e. The van der Waals surface area contributed by atoms with Crippen LogP contribution in [0.2, 0.25) is 0 Å². The molecule has 0 fully saturated rings. The highest BCUT2D eigenvalue weighted by Crippen LogP contribution is 2.33. The molecule has 0 aliphatic heterocycles. The van der Waals surface area contributed by atoms with E-state index < -0.39 is 0 Å². The monoisotopic (exact) mass is 356 g/mol. The summed E-state index contributed by atoms with van der Waals surface area (Å²) in [4.78, 5) is 14.5. The number of nitrogens with one attached hydrogen (secondary N) is 2. The maximum absolute atomic E-state index is 4.74. The number of aromatic nitrogens is 4. The molecule has 0 atom stereocenters. The molecule has 0 saturated carbocycles. The van der Waals surface area contributed by atoms with E-state index in [2.05, 4.69) is 69.6 Å². The lowest BCUT2D eigenvalue weighted by atomic mass is 9.97. The Morgan fingerprint density at radius 3 is 1.85 bits per heavy atom. The molecule has 0 aliphatic carbocycles. The molecule has 4 nitrogen and oxygen atoms in total. The van der Waals surface area contributed by atoms with Gasteiger partial charge in [0.2, 0.25) is 0 Å². The maximum Gasteiger partial charge on any atom is 0.174 e. The van der Waals surface area contributed by atoms with Gasteiger partial charge in [-0.05, 0) is 30.4 Å². The first-order chi connectivity index (χ1) is 12.8. The predicted molar refractivity (Wildman–Crippen MR) is 108 cm³/mol. The molecule has 0 bridgehead atoms. The minimum atomic E-state index is 0.676. The molecule has 5 rings (SSSR count). The van der Waals surface area contributed by atoms with E-state index in [0.717, 1.165) is 16.6 Å². The topological polar surface area (TPSA) is 57.4 Å². The number of pyridine rings is 2. The summed E-state index contributed by atoms with van der Waals surface area (Å²) in [5.74, 6) is 0. The first-order valence-corrected chi connectivity index (χ1v) is 8.64. The fraction of sp³-hybridized carbons (Fsp3) is 0. The lowest BCUT2D eigenvalue weighted by molar-refractivity contribution is 1.27. The Balaban J connectivity index is 0.000000240. The van der Waals surface area contributed by atoms with Gasteiger partial charge in [-0.2, -0.15) is 0 Å². The zero-order valence-electron chi connectivity index (χ0n) is 13.9. The Morgan fingerprint density at radius 2 is 1.35 bits per heavy atom. The summed E-state index contributed by atoms with van der Waals surface area (Å²) in [5, 5.41) is 2.33. The highest BCUT2D eigenvalue weighted by atomic mass is 32.1. The van der Waals surface area contributed by atoms with E-state index >= 15 is 0 Å². The number of fused-ring (bicyclic) bond motifs is 2. The van der Waals surface area contributed by atoms with Gasteiger partial charge in [-0.1, -0.05) is 42.5 Å². The van der Waals surface area contributed by atoms with Crippen molar-refractivity contribution in [3.05, 3.63) is 90.2 Å². The van der Waals surface area contributed by atoms with Crippen LogP contribution in [0, 0.1) is 4.77 Å². The molecular formula is C21H16N4S. The smallest absolute Gasteiger partial charge is 0.174 e. The van der Waals surface area contributed by atoms with Gasteiger partial charge < -0.3 is 9.97 Å². The van der Waals surface area contributed by atoms with E-state index in [9.17, 15) is 0 Å². The minimum Gasteiger partial charge on any atom is -0.338 e. The zero-order chi connectivity index (χ0) is 17.8. The summed E-state index contributed by atoms with van der Waals surface area (Å²) in [7, 11) is 0. The quantitative estimate of drug-likeness (QED) is 0.307. The molecule has 0 aliphatic rings. The van der Waals surface area contributed by atoms with Crippen molar-refractivity contribution in [1.29, 1.82) is 0 Å². The maximum atomic E-state index is 4.74. The third kappa shape index (κ3) is 3.25. The molecule has 0 radical (unpaired) electrons. The Hall–Kier alpha value is -3.31. The van der Waals surface area contributed by atoms with Crippen LogP contribution in [0.3, 0.4) is 0 Å². The predicted octanol–water partition coefficient (Wildman–Crippen LogP) is 5.52. The fourth-order valence-corrected chi connectivity index (χ4v) is 3.07. The summed E-state index contributed by atoms with van der Waals surface area (Å²) >= 11 is 4.63. The summed E-state index contributed by atoms with van der Waals surface area (Å²) in [6, 6.07) is 20.6. The Labute approximate surface area is 155 Å². The highest BCUT2D eigenvalue weighted by molar-refractivity contribution is 7.71. The fourth-order valence-electron chi connectivity index (χ4n) is 2.94. The van der Waals surface area contributed by atoms with Crippen LogP contribution in [-0.2, 0) is 0 Å². The number of rotatable bonds is 1. The van der Waals surface area contributed by atoms with Gasteiger partial charge in [0.1, 0.15) is 0 Å². The number of benzene rings is 2. The lowest BCUT2D eigenvalue weighted by Gasteiger charge is -2.10. The molecular weight excluding hydrogens is 340 g/mol. The SMILES string of the molecule is S=c1[nH]cc[nH]1.c1cncc(-c2c3ccccc3nc3ccccc23)c1. The minimum absolute atomic E-state index is 0.676. The molecule has 5 aromatic rings. The van der Waals surface area contributed by atoms with Crippen LogP contribution >= 0.6 is 12.2 Å². The molecule has 2 N–H and O–H groups in total. The standard InChI is InChI=1S/C18H12N2.C3H4N2S/c1-3-9-16-14(7-1)18(13-6-5-11-19-12-13)15-8-2-4-10-17(15)20-16;6-3-4-1-2-5-3/h1-12H;1-2H,(H2,4,5,6). The van der Waals surface area contributed by atoms with Crippen molar-refractivity contribution in [1.82, 2.24) is 19.9 Å². The Morgan fingerprint density at radius 1 is 0.731 bits per heavy atom. The van der Waals surface area contributed by atoms with Gasteiger partial charge in [-0.3, -0.25) is 4.98 Å². The van der Waals surface area contributed by atoms with Crippen molar-refractivity contribution in [3.63, 3.8) is 0 Å². The first-order valence-electron chi connectivity index (χ1n) is 8.23. The van der Waals surface area contributed by atoms with Gasteiger partial charge in [0.05, 0.1) is 11.0 Å². The van der Waals surface area contributed by atoms with Gasteiger partial charge >= 0.3 is 0 Å². The second-order valence-corrected chi connectivity index (χ2v) is 6.12. The number of aromatic amines is 2. The van der Waals surface area contributed by atoms with E-state index in [4.69, 9.17) is 4.98 Å². The van der Waals surface area contributed by atoms with Crippen LogP contribution in [-0.4, -0.2) is 19.9 Å². The summed E-state index contributed by atoms with van der Waals surface area (Å²) in [6.07, 6.45) is 7.22.